The fourth-order valence-corrected chi connectivity index (χ4v) is 4.07. The average molecular weight is 419 g/mol. The maximum Gasteiger partial charge on any atom is 0.242 e. The summed E-state index contributed by atoms with van der Waals surface area (Å²) in [5, 5.41) is 4.11. The summed E-state index contributed by atoms with van der Waals surface area (Å²) in [4.78, 5) is 18.9. The van der Waals surface area contributed by atoms with Crippen LogP contribution in [0.4, 0.5) is 0 Å². The van der Waals surface area contributed by atoms with E-state index < -0.39 is 10.0 Å². The van der Waals surface area contributed by atoms with Crippen LogP contribution in [0.2, 0.25) is 0 Å². The summed E-state index contributed by atoms with van der Waals surface area (Å²) in [5.41, 5.74) is 2.40. The van der Waals surface area contributed by atoms with E-state index in [2.05, 4.69) is 10.1 Å². The van der Waals surface area contributed by atoms with Crippen LogP contribution < -0.4 is 0 Å². The van der Waals surface area contributed by atoms with Crippen molar-refractivity contribution in [1.82, 2.24) is 28.5 Å². The first-order valence-corrected chi connectivity index (χ1v) is 10.6. The molecule has 0 spiro atoms. The molecular formula is C19H26N6O3S. The summed E-state index contributed by atoms with van der Waals surface area (Å²) in [6.45, 7) is 0.501. The van der Waals surface area contributed by atoms with Gasteiger partial charge in [-0.25, -0.2) is 17.7 Å². The lowest BCUT2D eigenvalue weighted by Gasteiger charge is -2.16. The van der Waals surface area contributed by atoms with Crippen molar-refractivity contribution < 1.29 is 13.2 Å². The van der Waals surface area contributed by atoms with Crippen molar-refractivity contribution in [1.29, 1.82) is 0 Å². The fraction of sp³-hybridized carbons (Fsp3) is 0.421. The molecule has 10 heteroatoms. The minimum absolute atomic E-state index is 0.0109. The van der Waals surface area contributed by atoms with Gasteiger partial charge in [0, 0.05) is 66.4 Å². The second-order valence-corrected chi connectivity index (χ2v) is 9.45. The molecule has 0 radical (unpaired) electrons. The van der Waals surface area contributed by atoms with Crippen molar-refractivity contribution in [2.45, 2.75) is 24.3 Å². The van der Waals surface area contributed by atoms with Gasteiger partial charge in [0.15, 0.2) is 0 Å². The van der Waals surface area contributed by atoms with Crippen LogP contribution in [0.25, 0.3) is 11.0 Å². The number of aryl methyl sites for hydroxylation is 3. The molecule has 0 bridgehead atoms. The molecule has 3 aromatic rings. The third kappa shape index (κ3) is 4.33. The molecule has 0 unspecified atom stereocenters. The van der Waals surface area contributed by atoms with Gasteiger partial charge in [0.25, 0.3) is 0 Å². The summed E-state index contributed by atoms with van der Waals surface area (Å²) in [7, 11) is 4.95. The molecule has 0 atom stereocenters. The van der Waals surface area contributed by atoms with E-state index in [0.29, 0.717) is 24.9 Å². The Hall–Kier alpha value is -2.72. The number of hydrogen-bond donors (Lipinski definition) is 0. The number of carbonyl (C=O) groups excluding carboxylic acids is 1. The molecule has 2 heterocycles. The molecule has 2 aromatic heterocycles. The normalized spacial score (nSPS) is 12.1. The first-order chi connectivity index (χ1) is 13.6. The van der Waals surface area contributed by atoms with E-state index in [9.17, 15) is 13.2 Å². The first-order valence-electron chi connectivity index (χ1n) is 9.19. The van der Waals surface area contributed by atoms with Gasteiger partial charge in [-0.1, -0.05) is 0 Å². The average Bonchev–Trinajstić information content (AvgIpc) is 3.22. The number of aromatic nitrogens is 4. The molecular weight excluding hydrogens is 392 g/mol. The second kappa shape index (κ2) is 7.96. The lowest BCUT2D eigenvalue weighted by atomic mass is 10.2. The van der Waals surface area contributed by atoms with Crippen LogP contribution in [0.5, 0.6) is 0 Å². The monoisotopic (exact) mass is 418 g/mol. The van der Waals surface area contributed by atoms with Gasteiger partial charge in [-0.05, 0) is 18.2 Å². The second-order valence-electron chi connectivity index (χ2n) is 7.30. The minimum Gasteiger partial charge on any atom is -0.341 e. The molecule has 0 saturated heterocycles. The van der Waals surface area contributed by atoms with Crippen LogP contribution in [0.15, 0.2) is 35.5 Å². The maximum absolute atomic E-state index is 12.5. The van der Waals surface area contributed by atoms with Gasteiger partial charge < -0.3 is 9.47 Å². The number of benzene rings is 1. The third-order valence-electron chi connectivity index (χ3n) is 4.89. The number of fused-ring (bicyclic) bond motifs is 1. The molecule has 1 aromatic carbocycles. The van der Waals surface area contributed by atoms with Crippen molar-refractivity contribution in [2.24, 2.45) is 14.1 Å². The molecule has 3 rings (SSSR count). The van der Waals surface area contributed by atoms with Gasteiger partial charge in [0.2, 0.25) is 15.9 Å². The van der Waals surface area contributed by atoms with Crippen LogP contribution in [0, 0.1) is 0 Å². The number of imidazole rings is 1. The van der Waals surface area contributed by atoms with Gasteiger partial charge in [-0.2, -0.15) is 5.10 Å². The van der Waals surface area contributed by atoms with Crippen LogP contribution >= 0.6 is 0 Å². The smallest absolute Gasteiger partial charge is 0.242 e. The molecule has 0 aliphatic heterocycles. The molecule has 0 aliphatic rings. The highest BCUT2D eigenvalue weighted by molar-refractivity contribution is 7.89. The Balaban J connectivity index is 1.73. The van der Waals surface area contributed by atoms with Crippen LogP contribution in [-0.4, -0.2) is 64.0 Å². The molecule has 156 valence electrons. The summed E-state index contributed by atoms with van der Waals surface area (Å²) in [6, 6.07) is 4.90. The summed E-state index contributed by atoms with van der Waals surface area (Å²) in [5.74, 6) is 0.749. The molecule has 0 fully saturated rings. The molecule has 1 amide bonds. The Kier molecular flexibility index (Phi) is 5.76. The Bertz CT molecular complexity index is 1150. The van der Waals surface area contributed by atoms with Gasteiger partial charge in [-0.15, -0.1) is 0 Å². The molecule has 0 saturated carbocycles. The number of hydrogen-bond acceptors (Lipinski definition) is 5. The van der Waals surface area contributed by atoms with Crippen LogP contribution in [0.1, 0.15) is 17.8 Å². The largest absolute Gasteiger partial charge is 0.341 e. The topological polar surface area (TPSA) is 93.3 Å². The van der Waals surface area contributed by atoms with Crippen LogP contribution in [-0.2, 0) is 41.9 Å². The number of nitrogens with zero attached hydrogens (tertiary/aromatic N) is 6. The van der Waals surface area contributed by atoms with E-state index in [1.54, 1.807) is 41.0 Å². The van der Waals surface area contributed by atoms with E-state index in [1.807, 2.05) is 24.9 Å². The van der Waals surface area contributed by atoms with Crippen molar-refractivity contribution in [2.75, 3.05) is 21.1 Å². The predicted octanol–water partition coefficient (Wildman–Crippen LogP) is 1.15. The standard InChI is InChI=1S/C19H26N6O3S/c1-22(2)29(27,28)15-6-7-17-16(10-15)21-18(25(17)5)8-9-19(26)23(3)12-14-11-20-24(4)13-14/h6-7,10-11,13H,8-9,12H2,1-5H3. The van der Waals surface area contributed by atoms with Gasteiger partial charge in [0.1, 0.15) is 5.82 Å². The minimum atomic E-state index is -3.52. The van der Waals surface area contributed by atoms with Gasteiger partial charge in [0.05, 0.1) is 22.1 Å². The predicted molar refractivity (Wildman–Crippen MR) is 110 cm³/mol. The number of carbonyl (C=O) groups is 1. The van der Waals surface area contributed by atoms with Gasteiger partial charge >= 0.3 is 0 Å². The lowest BCUT2D eigenvalue weighted by Crippen LogP contribution is -2.26. The third-order valence-corrected chi connectivity index (χ3v) is 6.70. The zero-order chi connectivity index (χ0) is 21.3. The Morgan fingerprint density at radius 2 is 1.90 bits per heavy atom. The summed E-state index contributed by atoms with van der Waals surface area (Å²) < 4.78 is 29.5. The Morgan fingerprint density at radius 3 is 2.52 bits per heavy atom. The highest BCUT2D eigenvalue weighted by atomic mass is 32.2. The zero-order valence-electron chi connectivity index (χ0n) is 17.3. The van der Waals surface area contributed by atoms with E-state index in [4.69, 9.17) is 0 Å². The van der Waals surface area contributed by atoms with Crippen molar-refractivity contribution in [3.8, 4) is 0 Å². The molecule has 29 heavy (non-hydrogen) atoms. The molecule has 9 nitrogen and oxygen atoms in total. The zero-order valence-corrected chi connectivity index (χ0v) is 18.1. The Labute approximate surface area is 170 Å². The van der Waals surface area contributed by atoms with Crippen molar-refractivity contribution in [3.63, 3.8) is 0 Å². The highest BCUT2D eigenvalue weighted by Gasteiger charge is 2.19. The first kappa shape index (κ1) is 21.0. The van der Waals surface area contributed by atoms with Crippen LogP contribution in [0.3, 0.4) is 0 Å². The number of sulfonamides is 1. The van der Waals surface area contributed by atoms with E-state index in [1.165, 1.54) is 18.4 Å². The van der Waals surface area contributed by atoms with Crippen molar-refractivity contribution in [3.05, 3.63) is 42.0 Å². The van der Waals surface area contributed by atoms with E-state index >= 15 is 0 Å². The summed E-state index contributed by atoms with van der Waals surface area (Å²) in [6.07, 6.45) is 4.41. The SMILES string of the molecule is CN(Cc1cnn(C)c1)C(=O)CCc1nc2cc(S(=O)(=O)N(C)C)ccc2n1C. The quantitative estimate of drug-likeness (QED) is 0.574. The molecule has 0 N–H and O–H groups in total. The van der Waals surface area contributed by atoms with E-state index in [-0.39, 0.29) is 10.8 Å². The lowest BCUT2D eigenvalue weighted by molar-refractivity contribution is -0.130. The summed E-state index contributed by atoms with van der Waals surface area (Å²) >= 11 is 0. The fourth-order valence-electron chi connectivity index (χ4n) is 3.15. The highest BCUT2D eigenvalue weighted by Crippen LogP contribution is 2.22. The number of amides is 1. The Morgan fingerprint density at radius 1 is 1.17 bits per heavy atom. The van der Waals surface area contributed by atoms with Crippen molar-refractivity contribution >= 4 is 27.0 Å². The number of rotatable bonds is 7. The maximum atomic E-state index is 12.5. The van der Waals surface area contributed by atoms with Gasteiger partial charge in [-0.3, -0.25) is 9.48 Å². The molecule has 0 aliphatic carbocycles. The van der Waals surface area contributed by atoms with E-state index in [0.717, 1.165) is 16.9 Å².